The molecule has 0 heterocycles. The van der Waals surface area contributed by atoms with E-state index in [0.717, 1.165) is 0 Å². The second-order valence-electron chi connectivity index (χ2n) is 4.53. The van der Waals surface area contributed by atoms with Crippen molar-refractivity contribution in [3.05, 3.63) is 29.8 Å². The quantitative estimate of drug-likeness (QED) is 0.437. The Balaban J connectivity index is 2.88. The molecule has 5 heteroatoms. The molecule has 0 aliphatic carbocycles. The summed E-state index contributed by atoms with van der Waals surface area (Å²) < 4.78 is 5.18. The average Bonchev–Trinajstić information content (AvgIpc) is 2.15. The van der Waals surface area contributed by atoms with Gasteiger partial charge in [-0.15, -0.1) is 0 Å². The lowest BCUT2D eigenvalue weighted by Gasteiger charge is -2.19. The molecule has 0 spiro atoms. The molecule has 0 aliphatic heterocycles. The van der Waals surface area contributed by atoms with Crippen LogP contribution in [-0.4, -0.2) is 28.7 Å². The molecule has 86 valence electrons. The molecule has 0 bridgehead atoms. The maximum Gasteiger partial charge on any atom is 0.727 e. The van der Waals surface area contributed by atoms with Crippen molar-refractivity contribution in [1.29, 1.82) is 0 Å². The Hall–Kier alpha value is -1.33. The fourth-order valence-corrected chi connectivity index (χ4v) is 1.17. The predicted octanol–water partition coefficient (Wildman–Crippen LogP) is 0.0540. The molecule has 0 radical (unpaired) electrons. The zero-order valence-electron chi connectivity index (χ0n) is 9.65. The van der Waals surface area contributed by atoms with E-state index in [1.54, 1.807) is 39.0 Å². The molecular formula is C11H16BO4+. The second kappa shape index (κ2) is 4.68. The van der Waals surface area contributed by atoms with Crippen molar-refractivity contribution in [3.8, 4) is 0 Å². The molecule has 0 aliphatic rings. The third kappa shape index (κ3) is 3.68. The molecule has 0 fully saturated rings. The molecule has 0 aromatic heterocycles. The number of carbonyl (C=O) groups is 1. The van der Waals surface area contributed by atoms with Gasteiger partial charge in [0.05, 0.1) is 11.0 Å². The molecule has 0 saturated carbocycles. The van der Waals surface area contributed by atoms with Crippen molar-refractivity contribution >= 4 is 18.6 Å². The lowest BCUT2D eigenvalue weighted by Crippen LogP contribution is -2.31. The monoisotopic (exact) mass is 223 g/mol. The zero-order chi connectivity index (χ0) is 12.3. The standard InChI is InChI=1S/C11H15BO4/c1-11(2,3)16-10(13)8-5-4-6-9(7-8)12(14)15/h4-7,14-15H,1-3H3/p+1. The Morgan fingerprint density at radius 1 is 1.44 bits per heavy atom. The Morgan fingerprint density at radius 3 is 2.56 bits per heavy atom. The fraction of sp³-hybridized carbons (Fsp3) is 0.364. The van der Waals surface area contributed by atoms with Crippen molar-refractivity contribution < 1.29 is 19.6 Å². The van der Waals surface area contributed by atoms with Crippen LogP contribution >= 0.6 is 0 Å². The highest BCUT2D eigenvalue weighted by Gasteiger charge is 2.24. The van der Waals surface area contributed by atoms with Gasteiger partial charge in [-0.05, 0) is 32.9 Å². The van der Waals surface area contributed by atoms with Gasteiger partial charge in [-0.2, -0.15) is 0 Å². The average molecular weight is 223 g/mol. The van der Waals surface area contributed by atoms with Gasteiger partial charge in [0.15, 0.2) is 0 Å². The lowest BCUT2D eigenvalue weighted by atomic mass is 9.80. The van der Waals surface area contributed by atoms with E-state index in [1.165, 1.54) is 6.07 Å². The van der Waals surface area contributed by atoms with Gasteiger partial charge >= 0.3 is 13.1 Å². The predicted molar refractivity (Wildman–Crippen MR) is 62.8 cm³/mol. The Labute approximate surface area is 95.0 Å². The van der Waals surface area contributed by atoms with Crippen LogP contribution in [0.5, 0.6) is 0 Å². The maximum atomic E-state index is 11.7. The van der Waals surface area contributed by atoms with Crippen LogP contribution in [0, 0.1) is 0 Å². The van der Waals surface area contributed by atoms with Gasteiger partial charge in [-0.1, -0.05) is 12.1 Å². The van der Waals surface area contributed by atoms with E-state index in [2.05, 4.69) is 0 Å². The van der Waals surface area contributed by atoms with Gasteiger partial charge in [-0.25, -0.2) is 4.79 Å². The SMILES string of the molecule is CC(C)(C)OC(=O)c1cccc(B(O)[OH2+])c1. The first-order valence-electron chi connectivity index (χ1n) is 5.02. The normalized spacial score (nSPS) is 11.1. The number of ether oxygens (including phenoxy) is 1. The minimum Gasteiger partial charge on any atom is -0.522 e. The third-order valence-electron chi connectivity index (χ3n) is 1.84. The number of rotatable bonds is 2. The highest BCUT2D eigenvalue weighted by molar-refractivity contribution is 6.58. The highest BCUT2D eigenvalue weighted by atomic mass is 16.6. The smallest absolute Gasteiger partial charge is 0.522 e. The molecule has 1 rings (SSSR count). The second-order valence-corrected chi connectivity index (χ2v) is 4.53. The fourth-order valence-electron chi connectivity index (χ4n) is 1.17. The molecule has 16 heavy (non-hydrogen) atoms. The zero-order valence-corrected chi connectivity index (χ0v) is 9.65. The first-order chi connectivity index (χ1) is 7.29. The van der Waals surface area contributed by atoms with Crippen LogP contribution in [0.1, 0.15) is 31.1 Å². The van der Waals surface area contributed by atoms with Crippen LogP contribution in [0.3, 0.4) is 0 Å². The van der Waals surface area contributed by atoms with Crippen molar-refractivity contribution in [3.63, 3.8) is 0 Å². The largest absolute Gasteiger partial charge is 0.727 e. The third-order valence-corrected chi connectivity index (χ3v) is 1.84. The van der Waals surface area contributed by atoms with Crippen molar-refractivity contribution in [1.82, 2.24) is 0 Å². The summed E-state index contributed by atoms with van der Waals surface area (Å²) in [5.74, 6) is -0.449. The summed E-state index contributed by atoms with van der Waals surface area (Å²) in [5.41, 5.74) is 0.175. The number of hydrogen-bond acceptors (Lipinski definition) is 3. The van der Waals surface area contributed by atoms with Crippen LogP contribution in [0.25, 0.3) is 0 Å². The van der Waals surface area contributed by atoms with E-state index in [4.69, 9.17) is 14.8 Å². The highest BCUT2D eigenvalue weighted by Crippen LogP contribution is 2.11. The van der Waals surface area contributed by atoms with E-state index in [9.17, 15) is 4.79 Å². The molecule has 0 atom stereocenters. The first-order valence-corrected chi connectivity index (χ1v) is 5.02. The van der Waals surface area contributed by atoms with Crippen LogP contribution < -0.4 is 5.46 Å². The molecule has 0 saturated heterocycles. The Bertz CT molecular complexity index is 382. The summed E-state index contributed by atoms with van der Waals surface area (Å²) in [4.78, 5) is 11.7. The molecule has 0 amide bonds. The van der Waals surface area contributed by atoms with Gasteiger partial charge in [0, 0.05) is 0 Å². The molecule has 1 aromatic carbocycles. The number of carbonyl (C=O) groups excluding carboxylic acids is 1. The van der Waals surface area contributed by atoms with Crippen LogP contribution in [0.15, 0.2) is 24.3 Å². The maximum absolute atomic E-state index is 11.7. The summed E-state index contributed by atoms with van der Waals surface area (Å²) in [7, 11) is -1.33. The molecule has 1 aromatic rings. The van der Waals surface area contributed by atoms with E-state index in [-0.39, 0.29) is 0 Å². The van der Waals surface area contributed by atoms with Crippen molar-refractivity contribution in [2.24, 2.45) is 0 Å². The summed E-state index contributed by atoms with van der Waals surface area (Å²) in [6, 6.07) is 6.27. The lowest BCUT2D eigenvalue weighted by molar-refractivity contribution is 0.00696. The number of hydrogen-bond donors (Lipinski definition) is 1. The van der Waals surface area contributed by atoms with E-state index in [1.807, 2.05) is 0 Å². The van der Waals surface area contributed by atoms with E-state index >= 15 is 0 Å². The summed E-state index contributed by atoms with van der Waals surface area (Å²) in [5, 5.41) is 16.2. The van der Waals surface area contributed by atoms with Gasteiger partial charge in [-0.3, -0.25) is 0 Å². The van der Waals surface area contributed by atoms with Gasteiger partial charge in [0.2, 0.25) is 0 Å². The van der Waals surface area contributed by atoms with E-state index in [0.29, 0.717) is 11.0 Å². The Morgan fingerprint density at radius 2 is 2.06 bits per heavy atom. The summed E-state index contributed by atoms with van der Waals surface area (Å²) in [6.45, 7) is 5.36. The van der Waals surface area contributed by atoms with Crippen LogP contribution in [0.4, 0.5) is 0 Å². The molecular weight excluding hydrogens is 207 g/mol. The van der Waals surface area contributed by atoms with Gasteiger partial charge in [0.25, 0.3) is 0 Å². The van der Waals surface area contributed by atoms with E-state index < -0.39 is 18.7 Å². The summed E-state index contributed by atoms with van der Waals surface area (Å²) >= 11 is 0. The topological polar surface area (TPSA) is 69.4 Å². The first kappa shape index (κ1) is 12.7. The van der Waals surface area contributed by atoms with Crippen molar-refractivity contribution in [2.45, 2.75) is 26.4 Å². The molecule has 4 nitrogen and oxygen atoms in total. The van der Waals surface area contributed by atoms with Crippen LogP contribution in [0.2, 0.25) is 0 Å². The number of benzene rings is 1. The minimum absolute atomic E-state index is 0.346. The summed E-state index contributed by atoms with van der Waals surface area (Å²) in [6.07, 6.45) is 0. The van der Waals surface area contributed by atoms with Crippen LogP contribution in [-0.2, 0) is 4.74 Å². The minimum atomic E-state index is -1.33. The van der Waals surface area contributed by atoms with Gasteiger partial charge < -0.3 is 14.8 Å². The molecule has 3 N–H and O–H groups in total. The Kier molecular flexibility index (Phi) is 3.72. The van der Waals surface area contributed by atoms with Gasteiger partial charge in [0.1, 0.15) is 5.60 Å². The number of esters is 1. The van der Waals surface area contributed by atoms with Crippen molar-refractivity contribution in [2.75, 3.05) is 0 Å². The molecule has 0 unspecified atom stereocenters.